The van der Waals surface area contributed by atoms with Crippen molar-refractivity contribution in [2.24, 2.45) is 17.8 Å². The molecule has 0 amide bonds. The highest BCUT2D eigenvalue weighted by atomic mass is 32.2. The van der Waals surface area contributed by atoms with Gasteiger partial charge in [0.2, 0.25) is 0 Å². The van der Waals surface area contributed by atoms with E-state index in [2.05, 4.69) is 19.2 Å². The van der Waals surface area contributed by atoms with Crippen molar-refractivity contribution in [3.63, 3.8) is 0 Å². The number of rotatable bonds is 6. The highest BCUT2D eigenvalue weighted by Gasteiger charge is 2.41. The van der Waals surface area contributed by atoms with E-state index < -0.39 is 0 Å². The van der Waals surface area contributed by atoms with Gasteiger partial charge in [0, 0.05) is 18.3 Å². The summed E-state index contributed by atoms with van der Waals surface area (Å²) in [5, 5.41) is 3.72. The van der Waals surface area contributed by atoms with Gasteiger partial charge in [-0.15, -0.1) is 0 Å². The molecule has 0 aromatic heterocycles. The van der Waals surface area contributed by atoms with E-state index in [0.29, 0.717) is 0 Å². The van der Waals surface area contributed by atoms with Gasteiger partial charge < -0.3 is 5.32 Å². The molecule has 0 saturated heterocycles. The van der Waals surface area contributed by atoms with Gasteiger partial charge >= 0.3 is 0 Å². The van der Waals surface area contributed by atoms with Gasteiger partial charge in [-0.05, 0) is 49.7 Å². The first-order valence-electron chi connectivity index (χ1n) is 6.62. The molecule has 1 nitrogen and oxygen atoms in total. The van der Waals surface area contributed by atoms with E-state index in [1.165, 1.54) is 37.3 Å². The molecule has 1 N–H and O–H groups in total. The molecule has 2 fully saturated rings. The molecule has 0 radical (unpaired) electrons. The molecular formula is C13H25NS. The van der Waals surface area contributed by atoms with E-state index in [1.807, 2.05) is 11.8 Å². The van der Waals surface area contributed by atoms with Crippen molar-refractivity contribution in [2.75, 3.05) is 18.1 Å². The Hall–Kier alpha value is 0.310. The smallest absolute Gasteiger partial charge is 0.00700 e. The Labute approximate surface area is 98.8 Å². The minimum Gasteiger partial charge on any atom is -0.313 e. The van der Waals surface area contributed by atoms with Crippen LogP contribution in [-0.4, -0.2) is 24.1 Å². The summed E-state index contributed by atoms with van der Waals surface area (Å²) >= 11 is 2.05. The maximum atomic E-state index is 3.72. The highest BCUT2D eigenvalue weighted by Crippen LogP contribution is 2.49. The van der Waals surface area contributed by atoms with Gasteiger partial charge in [-0.2, -0.15) is 11.8 Å². The zero-order valence-electron chi connectivity index (χ0n) is 10.2. The molecule has 0 aromatic carbocycles. The Morgan fingerprint density at radius 1 is 1.33 bits per heavy atom. The zero-order valence-corrected chi connectivity index (χ0v) is 11.0. The Kier molecular flexibility index (Phi) is 4.39. The lowest BCUT2D eigenvalue weighted by molar-refractivity contribution is 0.263. The van der Waals surface area contributed by atoms with Crippen molar-refractivity contribution >= 4 is 11.8 Å². The van der Waals surface area contributed by atoms with E-state index in [4.69, 9.17) is 0 Å². The summed E-state index contributed by atoms with van der Waals surface area (Å²) in [6, 6.07) is 0.762. The number of thioether (sulfide) groups is 1. The number of nitrogens with one attached hydrogen (secondary N) is 1. The van der Waals surface area contributed by atoms with Crippen LogP contribution >= 0.6 is 11.8 Å². The fraction of sp³-hybridized carbons (Fsp3) is 1.00. The second-order valence-electron chi connectivity index (χ2n) is 5.28. The SMILES string of the molecule is CCSCCNC(C)C1CC2CCC1C2. The fourth-order valence-corrected chi connectivity index (χ4v) is 4.11. The molecule has 2 rings (SSSR count). The van der Waals surface area contributed by atoms with Gasteiger partial charge in [0.1, 0.15) is 0 Å². The third-order valence-corrected chi connectivity index (χ3v) is 5.25. The van der Waals surface area contributed by atoms with E-state index in [9.17, 15) is 0 Å². The molecule has 2 bridgehead atoms. The summed E-state index contributed by atoms with van der Waals surface area (Å²) in [7, 11) is 0. The molecule has 4 unspecified atom stereocenters. The van der Waals surface area contributed by atoms with Gasteiger partial charge in [0.15, 0.2) is 0 Å². The summed E-state index contributed by atoms with van der Waals surface area (Å²) in [4.78, 5) is 0. The maximum Gasteiger partial charge on any atom is 0.00700 e. The van der Waals surface area contributed by atoms with Gasteiger partial charge in [0.05, 0.1) is 0 Å². The van der Waals surface area contributed by atoms with Crippen LogP contribution in [0.1, 0.15) is 39.5 Å². The molecule has 0 aromatic rings. The molecule has 0 aliphatic heterocycles. The van der Waals surface area contributed by atoms with Crippen LogP contribution in [-0.2, 0) is 0 Å². The molecule has 2 aliphatic rings. The predicted molar refractivity (Wildman–Crippen MR) is 69.4 cm³/mol. The number of hydrogen-bond acceptors (Lipinski definition) is 2. The molecule has 0 spiro atoms. The Balaban J connectivity index is 1.65. The van der Waals surface area contributed by atoms with Crippen LogP contribution in [0, 0.1) is 17.8 Å². The van der Waals surface area contributed by atoms with Crippen molar-refractivity contribution in [3.05, 3.63) is 0 Å². The van der Waals surface area contributed by atoms with Crippen LogP contribution < -0.4 is 5.32 Å². The first kappa shape index (κ1) is 11.8. The number of fused-ring (bicyclic) bond motifs is 2. The lowest BCUT2D eigenvalue weighted by Gasteiger charge is -2.28. The summed E-state index contributed by atoms with van der Waals surface area (Å²) in [5.41, 5.74) is 0. The standard InChI is InChI=1S/C13H25NS/c1-3-15-7-6-14-10(2)13-9-11-4-5-12(13)8-11/h10-14H,3-9H2,1-2H3. The first-order chi connectivity index (χ1) is 7.31. The molecule has 2 saturated carbocycles. The monoisotopic (exact) mass is 227 g/mol. The van der Waals surface area contributed by atoms with Gasteiger partial charge in [-0.1, -0.05) is 13.3 Å². The van der Waals surface area contributed by atoms with Gasteiger partial charge in [-0.25, -0.2) is 0 Å². The van der Waals surface area contributed by atoms with Crippen molar-refractivity contribution < 1.29 is 0 Å². The molecule has 0 heterocycles. The average Bonchev–Trinajstić information content (AvgIpc) is 2.85. The molecule has 2 heteroatoms. The minimum atomic E-state index is 0.762. The lowest BCUT2D eigenvalue weighted by atomic mass is 9.84. The third kappa shape index (κ3) is 2.91. The van der Waals surface area contributed by atoms with Crippen LogP contribution in [0.4, 0.5) is 0 Å². The molecular weight excluding hydrogens is 202 g/mol. The Morgan fingerprint density at radius 3 is 2.80 bits per heavy atom. The Bertz CT molecular complexity index is 195. The topological polar surface area (TPSA) is 12.0 Å². The van der Waals surface area contributed by atoms with Crippen LogP contribution in [0.2, 0.25) is 0 Å². The van der Waals surface area contributed by atoms with Crippen LogP contribution in [0.25, 0.3) is 0 Å². The summed E-state index contributed by atoms with van der Waals surface area (Å²) in [6.07, 6.45) is 6.10. The average molecular weight is 227 g/mol. The van der Waals surface area contributed by atoms with Crippen molar-refractivity contribution in [2.45, 2.75) is 45.6 Å². The van der Waals surface area contributed by atoms with Crippen LogP contribution in [0.15, 0.2) is 0 Å². The van der Waals surface area contributed by atoms with E-state index >= 15 is 0 Å². The summed E-state index contributed by atoms with van der Waals surface area (Å²) in [5.74, 6) is 5.69. The largest absolute Gasteiger partial charge is 0.313 e. The molecule has 15 heavy (non-hydrogen) atoms. The molecule has 88 valence electrons. The first-order valence-corrected chi connectivity index (χ1v) is 7.77. The zero-order chi connectivity index (χ0) is 10.7. The molecule has 4 atom stereocenters. The van der Waals surface area contributed by atoms with E-state index in [-0.39, 0.29) is 0 Å². The Morgan fingerprint density at radius 2 is 2.20 bits per heavy atom. The highest BCUT2D eigenvalue weighted by molar-refractivity contribution is 7.99. The van der Waals surface area contributed by atoms with Crippen LogP contribution in [0.3, 0.4) is 0 Å². The van der Waals surface area contributed by atoms with E-state index in [1.54, 1.807) is 6.42 Å². The third-order valence-electron chi connectivity index (χ3n) is 4.35. The summed E-state index contributed by atoms with van der Waals surface area (Å²) in [6.45, 7) is 5.85. The maximum absolute atomic E-state index is 3.72. The van der Waals surface area contributed by atoms with Crippen molar-refractivity contribution in [3.8, 4) is 0 Å². The predicted octanol–water partition coefficient (Wildman–Crippen LogP) is 3.15. The second kappa shape index (κ2) is 5.58. The quantitative estimate of drug-likeness (QED) is 0.700. The summed E-state index contributed by atoms with van der Waals surface area (Å²) < 4.78 is 0. The number of hydrogen-bond donors (Lipinski definition) is 1. The van der Waals surface area contributed by atoms with E-state index in [0.717, 1.165) is 23.8 Å². The molecule has 2 aliphatic carbocycles. The van der Waals surface area contributed by atoms with Gasteiger partial charge in [0.25, 0.3) is 0 Å². The lowest BCUT2D eigenvalue weighted by Crippen LogP contribution is -2.37. The minimum absolute atomic E-state index is 0.762. The second-order valence-corrected chi connectivity index (χ2v) is 6.67. The van der Waals surface area contributed by atoms with Gasteiger partial charge in [-0.3, -0.25) is 0 Å². The van der Waals surface area contributed by atoms with Crippen molar-refractivity contribution in [1.29, 1.82) is 0 Å². The normalized spacial score (nSPS) is 36.0. The fourth-order valence-electron chi connectivity index (χ4n) is 3.56. The van der Waals surface area contributed by atoms with Crippen LogP contribution in [0.5, 0.6) is 0 Å². The van der Waals surface area contributed by atoms with Crippen molar-refractivity contribution in [1.82, 2.24) is 5.32 Å².